The van der Waals surface area contributed by atoms with E-state index >= 15 is 0 Å². The van der Waals surface area contributed by atoms with E-state index in [-0.39, 0.29) is 31.4 Å². The van der Waals surface area contributed by atoms with Gasteiger partial charge in [-0.2, -0.15) is 0 Å². The van der Waals surface area contributed by atoms with Crippen molar-refractivity contribution < 1.29 is 19.8 Å². The molecule has 31 heavy (non-hydrogen) atoms. The van der Waals surface area contributed by atoms with Gasteiger partial charge in [0.25, 0.3) is 0 Å². The molecule has 0 spiro atoms. The molecule has 0 radical (unpaired) electrons. The molecular formula is C23H30N4O4. The molecule has 3 rings (SSSR count). The Kier molecular flexibility index (Phi) is 7.37. The first-order valence-electron chi connectivity index (χ1n) is 10.5. The van der Waals surface area contributed by atoms with E-state index < -0.39 is 30.1 Å². The molecule has 2 amide bonds. The number of benzene rings is 1. The number of aliphatic hydroxyl groups excluding tert-OH is 2. The highest BCUT2D eigenvalue weighted by Crippen LogP contribution is 2.23. The number of hydrogen-bond acceptors (Lipinski definition) is 6. The predicted molar refractivity (Wildman–Crippen MR) is 117 cm³/mol. The van der Waals surface area contributed by atoms with Crippen molar-refractivity contribution in [3.63, 3.8) is 0 Å². The van der Waals surface area contributed by atoms with Crippen molar-refractivity contribution in [1.82, 2.24) is 15.2 Å². The van der Waals surface area contributed by atoms with E-state index in [9.17, 15) is 19.8 Å². The zero-order valence-electron chi connectivity index (χ0n) is 17.8. The van der Waals surface area contributed by atoms with Crippen LogP contribution >= 0.6 is 0 Å². The van der Waals surface area contributed by atoms with Crippen LogP contribution in [0.25, 0.3) is 11.3 Å². The van der Waals surface area contributed by atoms with Gasteiger partial charge in [0, 0.05) is 24.7 Å². The molecule has 0 aliphatic carbocycles. The lowest BCUT2D eigenvalue weighted by Crippen LogP contribution is -2.53. The lowest BCUT2D eigenvalue weighted by molar-refractivity contribution is -0.140. The summed E-state index contributed by atoms with van der Waals surface area (Å²) in [7, 11) is 0. The van der Waals surface area contributed by atoms with Crippen LogP contribution in [0.15, 0.2) is 48.7 Å². The van der Waals surface area contributed by atoms with Crippen LogP contribution in [0.3, 0.4) is 0 Å². The van der Waals surface area contributed by atoms with E-state index in [1.165, 1.54) is 4.90 Å². The molecule has 166 valence electrons. The van der Waals surface area contributed by atoms with Gasteiger partial charge in [-0.05, 0) is 23.6 Å². The molecule has 1 aromatic heterocycles. The third-order valence-electron chi connectivity index (χ3n) is 5.64. The molecule has 1 aliphatic rings. The zero-order valence-corrected chi connectivity index (χ0v) is 17.8. The molecule has 5 N–H and O–H groups in total. The number of carbonyl (C=O) groups is 2. The maximum absolute atomic E-state index is 13.0. The van der Waals surface area contributed by atoms with Gasteiger partial charge in [0.15, 0.2) is 0 Å². The average Bonchev–Trinajstić information content (AvgIpc) is 3.18. The third-order valence-corrected chi connectivity index (χ3v) is 5.64. The summed E-state index contributed by atoms with van der Waals surface area (Å²) in [6, 6.07) is 10.9. The fraction of sp³-hybridized carbons (Fsp3) is 0.435. The number of hydrogen-bond donors (Lipinski definition) is 4. The van der Waals surface area contributed by atoms with Crippen LogP contribution in [0.2, 0.25) is 0 Å². The van der Waals surface area contributed by atoms with Gasteiger partial charge < -0.3 is 26.2 Å². The number of likely N-dealkylation sites (tertiary alicyclic amines) is 1. The molecule has 8 nitrogen and oxygen atoms in total. The Morgan fingerprint density at radius 2 is 1.94 bits per heavy atom. The summed E-state index contributed by atoms with van der Waals surface area (Å²) in [6.07, 6.45) is 1.07. The number of amides is 2. The number of pyridine rings is 1. The Labute approximate surface area is 182 Å². The van der Waals surface area contributed by atoms with Crippen molar-refractivity contribution in [2.45, 2.75) is 44.5 Å². The van der Waals surface area contributed by atoms with Crippen LogP contribution in [0.5, 0.6) is 0 Å². The van der Waals surface area contributed by atoms with Gasteiger partial charge in [-0.15, -0.1) is 0 Å². The smallest absolute Gasteiger partial charge is 0.243 e. The molecule has 1 saturated heterocycles. The minimum Gasteiger partial charge on any atom is -0.394 e. The quantitative estimate of drug-likeness (QED) is 0.519. The van der Waals surface area contributed by atoms with Crippen LogP contribution in [0.1, 0.15) is 31.9 Å². The number of rotatable bonds is 7. The van der Waals surface area contributed by atoms with Gasteiger partial charge in [-0.3, -0.25) is 14.6 Å². The van der Waals surface area contributed by atoms with E-state index in [1.807, 2.05) is 56.3 Å². The lowest BCUT2D eigenvalue weighted by Gasteiger charge is -2.29. The predicted octanol–water partition coefficient (Wildman–Crippen LogP) is 0.843. The van der Waals surface area contributed by atoms with Crippen molar-refractivity contribution in [2.24, 2.45) is 11.7 Å². The van der Waals surface area contributed by atoms with Crippen molar-refractivity contribution in [3.05, 3.63) is 54.2 Å². The van der Waals surface area contributed by atoms with Gasteiger partial charge in [-0.25, -0.2) is 0 Å². The summed E-state index contributed by atoms with van der Waals surface area (Å²) in [4.78, 5) is 31.3. The van der Waals surface area contributed by atoms with E-state index in [1.54, 1.807) is 6.20 Å². The van der Waals surface area contributed by atoms with E-state index in [2.05, 4.69) is 10.3 Å². The SMILES string of the molecule is CC(C)[C@H](N)C(=O)N1C[C@H](O)C[C@H]1C(=O)N[C@@H](CO)c1ccc(-c2ccccn2)cc1. The van der Waals surface area contributed by atoms with Crippen LogP contribution < -0.4 is 11.1 Å². The Balaban J connectivity index is 1.72. The maximum Gasteiger partial charge on any atom is 0.243 e. The number of aliphatic hydroxyl groups is 2. The minimum atomic E-state index is -0.825. The molecule has 0 saturated carbocycles. The number of β-amino-alcohol motifs (C(OH)–C–C–N with tert-alkyl or cyclic N) is 1. The fourth-order valence-electron chi connectivity index (χ4n) is 3.70. The zero-order chi connectivity index (χ0) is 22.5. The molecule has 0 bridgehead atoms. The highest BCUT2D eigenvalue weighted by Gasteiger charge is 2.41. The standard InChI is InChI=1S/C23H30N4O4/c1-14(2)21(24)23(31)27-12-17(29)11-20(27)22(30)26-19(13-28)16-8-6-15(7-9-16)18-5-3-4-10-25-18/h3-10,14,17,19-21,28-29H,11-13,24H2,1-2H3,(H,26,30)/t17-,19+,20+,21+/m1/s1. The van der Waals surface area contributed by atoms with E-state index in [0.717, 1.165) is 16.8 Å². The number of nitrogens with zero attached hydrogens (tertiary/aromatic N) is 2. The molecular weight excluding hydrogens is 396 g/mol. The second kappa shape index (κ2) is 10.00. The summed E-state index contributed by atoms with van der Waals surface area (Å²) in [5, 5.41) is 22.7. The molecule has 0 unspecified atom stereocenters. The largest absolute Gasteiger partial charge is 0.394 e. The number of aromatic nitrogens is 1. The molecule has 4 atom stereocenters. The second-order valence-corrected chi connectivity index (χ2v) is 8.25. The van der Waals surface area contributed by atoms with Crippen molar-refractivity contribution in [3.8, 4) is 11.3 Å². The van der Waals surface area contributed by atoms with Crippen molar-refractivity contribution in [2.75, 3.05) is 13.2 Å². The minimum absolute atomic E-state index is 0.0693. The molecule has 1 aliphatic heterocycles. The highest BCUT2D eigenvalue weighted by atomic mass is 16.3. The topological polar surface area (TPSA) is 129 Å². The van der Waals surface area contributed by atoms with Crippen molar-refractivity contribution >= 4 is 11.8 Å². The first-order chi connectivity index (χ1) is 14.8. The van der Waals surface area contributed by atoms with Crippen LogP contribution in [0, 0.1) is 5.92 Å². The van der Waals surface area contributed by atoms with Gasteiger partial charge in [-0.1, -0.05) is 44.2 Å². The van der Waals surface area contributed by atoms with Crippen molar-refractivity contribution in [1.29, 1.82) is 0 Å². The monoisotopic (exact) mass is 426 g/mol. The maximum atomic E-state index is 13.0. The molecule has 2 heterocycles. The Hall–Kier alpha value is -2.81. The van der Waals surface area contributed by atoms with Crippen LogP contribution in [0.4, 0.5) is 0 Å². The van der Waals surface area contributed by atoms with Gasteiger partial charge in [0.1, 0.15) is 6.04 Å². The van der Waals surface area contributed by atoms with E-state index in [4.69, 9.17) is 5.73 Å². The summed E-state index contributed by atoms with van der Waals surface area (Å²) in [5.41, 5.74) is 8.46. The Bertz CT molecular complexity index is 888. The molecule has 8 heteroatoms. The molecule has 2 aromatic rings. The molecule has 1 fully saturated rings. The normalized spacial score (nSPS) is 20.5. The lowest BCUT2D eigenvalue weighted by atomic mass is 10.0. The number of carbonyl (C=O) groups excluding carboxylic acids is 2. The van der Waals surface area contributed by atoms with Crippen LogP contribution in [-0.4, -0.2) is 63.3 Å². The Morgan fingerprint density at radius 1 is 1.23 bits per heavy atom. The average molecular weight is 427 g/mol. The van der Waals surface area contributed by atoms with Gasteiger partial charge in [0.2, 0.25) is 11.8 Å². The molecule has 1 aromatic carbocycles. The van der Waals surface area contributed by atoms with Gasteiger partial charge in [0.05, 0.1) is 30.5 Å². The summed E-state index contributed by atoms with van der Waals surface area (Å²) >= 11 is 0. The first kappa shape index (κ1) is 22.9. The fourth-order valence-corrected chi connectivity index (χ4v) is 3.70. The van der Waals surface area contributed by atoms with E-state index in [0.29, 0.717) is 0 Å². The number of nitrogens with two attached hydrogens (primary N) is 1. The highest BCUT2D eigenvalue weighted by molar-refractivity contribution is 5.90. The van der Waals surface area contributed by atoms with Gasteiger partial charge >= 0.3 is 0 Å². The summed E-state index contributed by atoms with van der Waals surface area (Å²) in [6.45, 7) is 3.43. The summed E-state index contributed by atoms with van der Waals surface area (Å²) < 4.78 is 0. The first-order valence-corrected chi connectivity index (χ1v) is 10.5. The number of nitrogens with one attached hydrogen (secondary N) is 1. The third kappa shape index (κ3) is 5.28. The second-order valence-electron chi connectivity index (χ2n) is 8.25. The van der Waals surface area contributed by atoms with Crippen LogP contribution in [-0.2, 0) is 9.59 Å². The Morgan fingerprint density at radius 3 is 2.52 bits per heavy atom. The summed E-state index contributed by atoms with van der Waals surface area (Å²) in [5.74, 6) is -0.863.